The molecule has 0 spiro atoms. The molecule has 0 atom stereocenters. The molecule has 3 aromatic heterocycles. The zero-order chi connectivity index (χ0) is 17.9. The van der Waals surface area contributed by atoms with Crippen molar-refractivity contribution in [1.29, 1.82) is 0 Å². The first-order chi connectivity index (χ1) is 12.7. The van der Waals surface area contributed by atoms with E-state index >= 15 is 0 Å². The van der Waals surface area contributed by atoms with Crippen molar-refractivity contribution < 1.29 is 0 Å². The van der Waals surface area contributed by atoms with Gasteiger partial charge in [-0.05, 0) is 29.7 Å². The van der Waals surface area contributed by atoms with E-state index in [1.54, 1.807) is 0 Å². The molecule has 0 bridgehead atoms. The summed E-state index contributed by atoms with van der Waals surface area (Å²) in [5.74, 6) is 3.15. The van der Waals surface area contributed by atoms with Crippen LogP contribution in [0.4, 0.5) is 0 Å². The van der Waals surface area contributed by atoms with E-state index in [4.69, 9.17) is 0 Å². The van der Waals surface area contributed by atoms with Gasteiger partial charge >= 0.3 is 0 Å². The first-order valence-electron chi connectivity index (χ1n) is 8.59. The molecule has 1 aromatic carbocycles. The van der Waals surface area contributed by atoms with Crippen molar-refractivity contribution in [2.45, 2.75) is 31.9 Å². The molecule has 1 N–H and O–H groups in total. The molecule has 134 valence electrons. The van der Waals surface area contributed by atoms with Crippen LogP contribution in [0.3, 0.4) is 0 Å². The summed E-state index contributed by atoms with van der Waals surface area (Å²) in [6.45, 7) is 4.28. The fraction of sp³-hybridized carbons (Fsp3) is 0.333. The van der Waals surface area contributed by atoms with Crippen LogP contribution in [0.15, 0.2) is 36.4 Å². The number of aryl methyl sites for hydroxylation is 1. The van der Waals surface area contributed by atoms with Crippen LogP contribution in [0, 0.1) is 0 Å². The maximum Gasteiger partial charge on any atom is 0.235 e. The lowest BCUT2D eigenvalue weighted by molar-refractivity contribution is 0.810. The summed E-state index contributed by atoms with van der Waals surface area (Å²) >= 11 is 3.37. The fourth-order valence-electron chi connectivity index (χ4n) is 2.59. The van der Waals surface area contributed by atoms with Crippen molar-refractivity contribution in [3.8, 4) is 10.7 Å². The third-order valence-corrected chi connectivity index (χ3v) is 5.98. The van der Waals surface area contributed by atoms with Crippen molar-refractivity contribution in [1.82, 2.24) is 30.0 Å². The van der Waals surface area contributed by atoms with Gasteiger partial charge in [-0.3, -0.25) is 5.10 Å². The van der Waals surface area contributed by atoms with Crippen LogP contribution in [-0.4, -0.2) is 35.8 Å². The molecule has 8 heteroatoms. The summed E-state index contributed by atoms with van der Waals surface area (Å²) in [6, 6.07) is 12.6. The third kappa shape index (κ3) is 3.66. The van der Waals surface area contributed by atoms with Crippen LogP contribution in [0.5, 0.6) is 0 Å². The number of aromatic nitrogens is 6. The molecule has 6 nitrogen and oxygen atoms in total. The third-order valence-electron chi connectivity index (χ3n) is 4.10. The lowest BCUT2D eigenvalue weighted by Crippen LogP contribution is -1.96. The SMILES string of the molecule is CC(C)c1cc(-c2nn3c(CSCCc4ccccc4)nnc3s2)n[nH]1. The minimum atomic E-state index is 0.415. The molecule has 0 saturated heterocycles. The van der Waals surface area contributed by atoms with Crippen LogP contribution < -0.4 is 0 Å². The molecule has 0 radical (unpaired) electrons. The van der Waals surface area contributed by atoms with Crippen LogP contribution in [0.25, 0.3) is 15.7 Å². The second-order valence-corrected chi connectivity index (χ2v) is 8.43. The Morgan fingerprint density at radius 1 is 1.19 bits per heavy atom. The molecule has 4 rings (SSSR count). The molecular weight excluding hydrogens is 364 g/mol. The van der Waals surface area contributed by atoms with Crippen LogP contribution in [0.1, 0.15) is 36.8 Å². The van der Waals surface area contributed by atoms with Gasteiger partial charge in [-0.15, -0.1) is 10.2 Å². The van der Waals surface area contributed by atoms with Gasteiger partial charge in [0.2, 0.25) is 4.96 Å². The lowest BCUT2D eigenvalue weighted by atomic mass is 10.1. The second kappa shape index (κ2) is 7.59. The summed E-state index contributed by atoms with van der Waals surface area (Å²) in [5, 5.41) is 21.5. The Hall–Kier alpha value is -2.19. The van der Waals surface area contributed by atoms with Crippen molar-refractivity contribution in [2.24, 2.45) is 0 Å². The highest BCUT2D eigenvalue weighted by Gasteiger charge is 2.15. The number of hydrogen-bond donors (Lipinski definition) is 1. The van der Waals surface area contributed by atoms with Gasteiger partial charge in [0.15, 0.2) is 10.8 Å². The summed E-state index contributed by atoms with van der Waals surface area (Å²) in [5.41, 5.74) is 3.34. The molecule has 4 aromatic rings. The number of hydrogen-bond acceptors (Lipinski definition) is 6. The number of thioether (sulfide) groups is 1. The maximum atomic E-state index is 4.67. The van der Waals surface area contributed by atoms with Crippen molar-refractivity contribution in [3.63, 3.8) is 0 Å². The summed E-state index contributed by atoms with van der Waals surface area (Å²) < 4.78 is 1.85. The van der Waals surface area contributed by atoms with Crippen LogP contribution in [-0.2, 0) is 12.2 Å². The Morgan fingerprint density at radius 3 is 2.81 bits per heavy atom. The van der Waals surface area contributed by atoms with E-state index in [1.165, 1.54) is 16.9 Å². The molecule has 0 unspecified atom stereocenters. The average Bonchev–Trinajstić information content (AvgIpc) is 3.35. The van der Waals surface area contributed by atoms with Gasteiger partial charge in [-0.25, -0.2) is 0 Å². The Balaban J connectivity index is 1.42. The number of aromatic amines is 1. The van der Waals surface area contributed by atoms with Crippen molar-refractivity contribution in [2.75, 3.05) is 5.75 Å². The highest BCUT2D eigenvalue weighted by Crippen LogP contribution is 2.26. The van der Waals surface area contributed by atoms with E-state index in [-0.39, 0.29) is 0 Å². The summed E-state index contributed by atoms with van der Waals surface area (Å²) in [4.78, 5) is 0.813. The minimum Gasteiger partial charge on any atom is -0.282 e. The normalized spacial score (nSPS) is 11.7. The van der Waals surface area contributed by atoms with Gasteiger partial charge in [-0.1, -0.05) is 55.5 Å². The highest BCUT2D eigenvalue weighted by molar-refractivity contribution is 7.98. The van der Waals surface area contributed by atoms with E-state index in [9.17, 15) is 0 Å². The summed E-state index contributed by atoms with van der Waals surface area (Å²) in [6.07, 6.45) is 1.06. The molecular formula is C18H20N6S2. The van der Waals surface area contributed by atoms with E-state index in [0.29, 0.717) is 5.92 Å². The first-order valence-corrected chi connectivity index (χ1v) is 10.6. The van der Waals surface area contributed by atoms with E-state index < -0.39 is 0 Å². The van der Waals surface area contributed by atoms with Gasteiger partial charge in [0.05, 0.1) is 5.75 Å². The second-order valence-electron chi connectivity index (χ2n) is 6.37. The highest BCUT2D eigenvalue weighted by atomic mass is 32.2. The topological polar surface area (TPSA) is 71.8 Å². The van der Waals surface area contributed by atoms with E-state index in [0.717, 1.165) is 45.1 Å². The number of nitrogens with one attached hydrogen (secondary N) is 1. The van der Waals surface area contributed by atoms with Crippen LogP contribution >= 0.6 is 23.1 Å². The largest absolute Gasteiger partial charge is 0.282 e. The standard InChI is InChI=1S/C18H20N6S2/c1-12(2)14-10-15(20-19-14)17-23-24-16(21-22-18(24)26-17)11-25-9-8-13-6-4-3-5-7-13/h3-7,10,12H,8-9,11H2,1-2H3,(H,19,20). The van der Waals surface area contributed by atoms with Gasteiger partial charge < -0.3 is 0 Å². The fourth-order valence-corrected chi connectivity index (χ4v) is 4.30. The van der Waals surface area contributed by atoms with E-state index in [2.05, 4.69) is 69.7 Å². The van der Waals surface area contributed by atoms with Crippen LogP contribution in [0.2, 0.25) is 0 Å². The van der Waals surface area contributed by atoms with Gasteiger partial charge in [0.1, 0.15) is 5.69 Å². The monoisotopic (exact) mass is 384 g/mol. The van der Waals surface area contributed by atoms with Crippen molar-refractivity contribution >= 4 is 28.1 Å². The zero-order valence-corrected chi connectivity index (χ0v) is 16.3. The maximum absolute atomic E-state index is 4.67. The smallest absolute Gasteiger partial charge is 0.235 e. The number of benzene rings is 1. The molecule has 0 aliphatic carbocycles. The number of H-pyrrole nitrogens is 1. The molecule has 26 heavy (non-hydrogen) atoms. The average molecular weight is 385 g/mol. The molecule has 0 saturated carbocycles. The Bertz CT molecular complexity index is 986. The first kappa shape index (κ1) is 17.2. The van der Waals surface area contributed by atoms with E-state index in [1.807, 2.05) is 22.3 Å². The van der Waals surface area contributed by atoms with Gasteiger partial charge in [-0.2, -0.15) is 26.5 Å². The Kier molecular flexibility index (Phi) is 5.03. The Labute approximate surface area is 160 Å². The zero-order valence-electron chi connectivity index (χ0n) is 14.7. The molecule has 0 amide bonds. The molecule has 0 aliphatic rings. The number of fused-ring (bicyclic) bond motifs is 1. The Morgan fingerprint density at radius 2 is 2.04 bits per heavy atom. The van der Waals surface area contributed by atoms with Crippen molar-refractivity contribution in [3.05, 3.63) is 53.5 Å². The quantitative estimate of drug-likeness (QED) is 0.484. The summed E-state index contributed by atoms with van der Waals surface area (Å²) in [7, 11) is 0. The lowest BCUT2D eigenvalue weighted by Gasteiger charge is -2.00. The molecule has 3 heterocycles. The number of rotatable bonds is 7. The molecule has 0 fully saturated rings. The predicted octanol–water partition coefficient (Wildman–Crippen LogP) is 4.18. The molecule has 0 aliphatic heterocycles. The number of nitrogens with zero attached hydrogens (tertiary/aromatic N) is 5. The van der Waals surface area contributed by atoms with Gasteiger partial charge in [0.25, 0.3) is 0 Å². The minimum absolute atomic E-state index is 0.415. The van der Waals surface area contributed by atoms with Gasteiger partial charge in [0, 0.05) is 5.69 Å². The predicted molar refractivity (Wildman–Crippen MR) is 107 cm³/mol.